The SMILES string of the molecule is CCC1(CC)C(=O)NC(=O)N(Cc2ccnc(C)n2)C1=O. The van der Waals surface area contributed by atoms with Crippen molar-refractivity contribution in [1.29, 1.82) is 0 Å². The molecule has 2 heterocycles. The number of rotatable bonds is 4. The minimum atomic E-state index is -1.17. The van der Waals surface area contributed by atoms with Crippen LogP contribution in [-0.2, 0) is 16.1 Å². The first-order valence-electron chi connectivity index (χ1n) is 6.90. The van der Waals surface area contributed by atoms with Crippen LogP contribution in [0.25, 0.3) is 0 Å². The molecule has 0 bridgehead atoms. The number of urea groups is 1. The van der Waals surface area contributed by atoms with Crippen molar-refractivity contribution in [3.05, 3.63) is 23.8 Å². The molecule has 1 aromatic heterocycles. The molecule has 0 aliphatic carbocycles. The Kier molecular flexibility index (Phi) is 4.02. The summed E-state index contributed by atoms with van der Waals surface area (Å²) in [5, 5.41) is 2.27. The van der Waals surface area contributed by atoms with Gasteiger partial charge in [0.05, 0.1) is 12.2 Å². The van der Waals surface area contributed by atoms with Gasteiger partial charge in [-0.1, -0.05) is 13.8 Å². The number of nitrogens with one attached hydrogen (secondary N) is 1. The highest BCUT2D eigenvalue weighted by Crippen LogP contribution is 2.32. The Labute approximate surface area is 122 Å². The fourth-order valence-corrected chi connectivity index (χ4v) is 2.50. The Morgan fingerprint density at radius 3 is 2.48 bits per heavy atom. The molecule has 1 aliphatic rings. The van der Waals surface area contributed by atoms with E-state index in [9.17, 15) is 14.4 Å². The van der Waals surface area contributed by atoms with Crippen molar-refractivity contribution < 1.29 is 14.4 Å². The van der Waals surface area contributed by atoms with Crippen LogP contribution in [-0.4, -0.2) is 32.7 Å². The molecule has 0 aromatic carbocycles. The van der Waals surface area contributed by atoms with E-state index in [0.717, 1.165) is 4.90 Å². The van der Waals surface area contributed by atoms with Crippen molar-refractivity contribution in [2.24, 2.45) is 5.41 Å². The summed E-state index contributed by atoms with van der Waals surface area (Å²) in [6.45, 7) is 5.30. The van der Waals surface area contributed by atoms with E-state index >= 15 is 0 Å². The van der Waals surface area contributed by atoms with E-state index < -0.39 is 23.3 Å². The van der Waals surface area contributed by atoms with Crippen molar-refractivity contribution in [1.82, 2.24) is 20.2 Å². The summed E-state index contributed by atoms with van der Waals surface area (Å²) in [5.74, 6) is -0.416. The fourth-order valence-electron chi connectivity index (χ4n) is 2.50. The molecule has 1 N–H and O–H groups in total. The number of nitrogens with zero attached hydrogens (tertiary/aromatic N) is 3. The first-order chi connectivity index (χ1) is 9.94. The highest BCUT2D eigenvalue weighted by atomic mass is 16.2. The van der Waals surface area contributed by atoms with Gasteiger partial charge in [0.25, 0.3) is 0 Å². The quantitative estimate of drug-likeness (QED) is 0.840. The average molecular weight is 290 g/mol. The zero-order valence-corrected chi connectivity index (χ0v) is 12.3. The van der Waals surface area contributed by atoms with Crippen LogP contribution in [0, 0.1) is 12.3 Å². The monoisotopic (exact) mass is 290 g/mol. The zero-order valence-electron chi connectivity index (χ0n) is 12.3. The number of carbonyl (C=O) groups is 3. The molecule has 1 aliphatic heterocycles. The van der Waals surface area contributed by atoms with Gasteiger partial charge in [-0.15, -0.1) is 0 Å². The second-order valence-corrected chi connectivity index (χ2v) is 5.03. The molecule has 1 saturated heterocycles. The molecule has 2 rings (SSSR count). The normalized spacial score (nSPS) is 17.9. The van der Waals surface area contributed by atoms with E-state index in [2.05, 4.69) is 15.3 Å². The molecule has 0 saturated carbocycles. The van der Waals surface area contributed by atoms with Crippen molar-refractivity contribution in [2.75, 3.05) is 0 Å². The second-order valence-electron chi connectivity index (χ2n) is 5.03. The van der Waals surface area contributed by atoms with Gasteiger partial charge in [-0.3, -0.25) is 19.8 Å². The number of barbiturate groups is 1. The predicted octanol–water partition coefficient (Wildman–Crippen LogP) is 1.17. The van der Waals surface area contributed by atoms with Crippen LogP contribution in [0.4, 0.5) is 4.79 Å². The Hall–Kier alpha value is -2.31. The Morgan fingerprint density at radius 2 is 1.90 bits per heavy atom. The van der Waals surface area contributed by atoms with Crippen LogP contribution in [0.3, 0.4) is 0 Å². The molecule has 112 valence electrons. The van der Waals surface area contributed by atoms with Gasteiger partial charge in [-0.25, -0.2) is 14.8 Å². The highest BCUT2D eigenvalue weighted by Gasteiger charge is 2.51. The maximum atomic E-state index is 12.6. The van der Waals surface area contributed by atoms with Crippen molar-refractivity contribution in [3.8, 4) is 0 Å². The van der Waals surface area contributed by atoms with Gasteiger partial charge >= 0.3 is 6.03 Å². The Bertz CT molecular complexity index is 596. The average Bonchev–Trinajstić information content (AvgIpc) is 2.45. The Balaban J connectivity index is 2.32. The summed E-state index contributed by atoms with van der Waals surface area (Å²) in [6.07, 6.45) is 2.27. The molecule has 0 unspecified atom stereocenters. The van der Waals surface area contributed by atoms with Gasteiger partial charge < -0.3 is 0 Å². The largest absolute Gasteiger partial charge is 0.331 e. The van der Waals surface area contributed by atoms with Crippen molar-refractivity contribution >= 4 is 17.8 Å². The smallest absolute Gasteiger partial charge is 0.277 e. The predicted molar refractivity (Wildman–Crippen MR) is 73.9 cm³/mol. The highest BCUT2D eigenvalue weighted by molar-refractivity contribution is 6.19. The fraction of sp³-hybridized carbons (Fsp3) is 0.500. The summed E-state index contributed by atoms with van der Waals surface area (Å²) in [5.41, 5.74) is -0.614. The summed E-state index contributed by atoms with van der Waals surface area (Å²) in [4.78, 5) is 45.8. The van der Waals surface area contributed by atoms with Crippen LogP contribution in [0.1, 0.15) is 38.2 Å². The molecule has 1 fully saturated rings. The number of hydrogen-bond acceptors (Lipinski definition) is 5. The van der Waals surface area contributed by atoms with E-state index in [-0.39, 0.29) is 6.54 Å². The molecule has 0 radical (unpaired) electrons. The number of hydrogen-bond donors (Lipinski definition) is 1. The topological polar surface area (TPSA) is 92.3 Å². The van der Waals surface area contributed by atoms with E-state index in [1.807, 2.05) is 0 Å². The van der Waals surface area contributed by atoms with Gasteiger partial charge in [0.1, 0.15) is 11.2 Å². The van der Waals surface area contributed by atoms with E-state index in [1.54, 1.807) is 33.0 Å². The third kappa shape index (κ3) is 2.51. The first-order valence-corrected chi connectivity index (χ1v) is 6.90. The third-order valence-corrected chi connectivity index (χ3v) is 3.92. The number of amides is 4. The van der Waals surface area contributed by atoms with Gasteiger partial charge in [0.15, 0.2) is 0 Å². The van der Waals surface area contributed by atoms with Crippen molar-refractivity contribution in [2.45, 2.75) is 40.2 Å². The summed E-state index contributed by atoms with van der Waals surface area (Å²) >= 11 is 0. The van der Waals surface area contributed by atoms with E-state index in [1.165, 1.54) is 0 Å². The second kappa shape index (κ2) is 5.59. The van der Waals surface area contributed by atoms with Gasteiger partial charge in [0.2, 0.25) is 11.8 Å². The van der Waals surface area contributed by atoms with Gasteiger partial charge in [-0.2, -0.15) is 0 Å². The van der Waals surface area contributed by atoms with Crippen LogP contribution in [0.15, 0.2) is 12.3 Å². The molecular formula is C14H18N4O3. The number of aryl methyl sites for hydroxylation is 1. The molecule has 0 atom stereocenters. The lowest BCUT2D eigenvalue weighted by molar-refractivity contribution is -0.152. The molecule has 21 heavy (non-hydrogen) atoms. The minimum Gasteiger partial charge on any atom is -0.277 e. The number of aromatic nitrogens is 2. The van der Waals surface area contributed by atoms with Crippen LogP contribution < -0.4 is 5.32 Å². The van der Waals surface area contributed by atoms with E-state index in [4.69, 9.17) is 0 Å². The zero-order chi connectivity index (χ0) is 15.6. The molecule has 7 heteroatoms. The van der Waals surface area contributed by atoms with Gasteiger partial charge in [0, 0.05) is 6.20 Å². The lowest BCUT2D eigenvalue weighted by Gasteiger charge is -2.38. The summed E-state index contributed by atoms with van der Waals surface area (Å²) < 4.78 is 0. The van der Waals surface area contributed by atoms with Crippen LogP contribution in [0.2, 0.25) is 0 Å². The molecule has 1 aromatic rings. The maximum Gasteiger partial charge on any atom is 0.331 e. The van der Waals surface area contributed by atoms with Gasteiger partial charge in [-0.05, 0) is 25.8 Å². The number of carbonyl (C=O) groups excluding carboxylic acids is 3. The van der Waals surface area contributed by atoms with Crippen molar-refractivity contribution in [3.63, 3.8) is 0 Å². The van der Waals surface area contributed by atoms with Crippen LogP contribution >= 0.6 is 0 Å². The maximum absolute atomic E-state index is 12.6. The first kappa shape index (κ1) is 15.1. The van der Waals surface area contributed by atoms with E-state index in [0.29, 0.717) is 24.4 Å². The number of imide groups is 2. The third-order valence-electron chi connectivity index (χ3n) is 3.92. The molecule has 7 nitrogen and oxygen atoms in total. The summed E-state index contributed by atoms with van der Waals surface area (Å²) in [6, 6.07) is 0.947. The molecular weight excluding hydrogens is 272 g/mol. The lowest BCUT2D eigenvalue weighted by atomic mass is 9.78. The molecule has 0 spiro atoms. The minimum absolute atomic E-state index is 0.0308. The standard InChI is InChI=1S/C14H18N4O3/c1-4-14(5-2)11(19)17-13(21)18(12(14)20)8-10-6-7-15-9(3)16-10/h6-7H,4-5,8H2,1-3H3,(H,17,19,21). The molecule has 4 amide bonds. The van der Waals surface area contributed by atoms with Crippen LogP contribution in [0.5, 0.6) is 0 Å². The summed E-state index contributed by atoms with van der Waals surface area (Å²) in [7, 11) is 0. The Morgan fingerprint density at radius 1 is 1.24 bits per heavy atom. The lowest BCUT2D eigenvalue weighted by Crippen LogP contribution is -2.63.